The summed E-state index contributed by atoms with van der Waals surface area (Å²) in [6.45, 7) is 2.39. The van der Waals surface area contributed by atoms with E-state index < -0.39 is 0 Å². The first-order chi connectivity index (χ1) is 6.26. The Morgan fingerprint density at radius 3 is 2.77 bits per heavy atom. The van der Waals surface area contributed by atoms with Crippen LogP contribution in [0.25, 0.3) is 0 Å². The third-order valence-corrected chi connectivity index (χ3v) is 2.74. The van der Waals surface area contributed by atoms with Crippen molar-refractivity contribution in [2.75, 3.05) is 6.61 Å². The second-order valence-electron chi connectivity index (χ2n) is 3.29. The predicted octanol–water partition coefficient (Wildman–Crippen LogP) is 3.01. The number of aliphatic hydroxyl groups excluding tert-OH is 1. The molecule has 0 spiro atoms. The van der Waals surface area contributed by atoms with Gasteiger partial charge in [-0.25, -0.2) is 0 Å². The molecule has 72 valence electrons. The van der Waals surface area contributed by atoms with Crippen LogP contribution >= 0.6 is 15.9 Å². The minimum Gasteiger partial charge on any atom is -0.396 e. The summed E-state index contributed by atoms with van der Waals surface area (Å²) in [5.74, 6) is 0.397. The van der Waals surface area contributed by atoms with E-state index in [2.05, 4.69) is 35.0 Å². The molecule has 1 aromatic carbocycles. The number of hydrogen-bond donors (Lipinski definition) is 1. The van der Waals surface area contributed by atoms with Crippen LogP contribution in [-0.2, 0) is 6.42 Å². The van der Waals surface area contributed by atoms with Gasteiger partial charge < -0.3 is 5.11 Å². The summed E-state index contributed by atoms with van der Waals surface area (Å²) in [5, 5.41) is 9.04. The standard InChI is InChI=1S/C11H15BrO/c1-2-9(8-13)6-10-4-3-5-11(12)7-10/h3-5,7,9,13H,2,6,8H2,1H3. The lowest BCUT2D eigenvalue weighted by atomic mass is 9.98. The first kappa shape index (κ1) is 10.7. The molecule has 2 heteroatoms. The van der Waals surface area contributed by atoms with E-state index >= 15 is 0 Å². The third-order valence-electron chi connectivity index (χ3n) is 2.25. The summed E-state index contributed by atoms with van der Waals surface area (Å²) in [6.07, 6.45) is 2.00. The highest BCUT2D eigenvalue weighted by Gasteiger charge is 2.05. The molecule has 0 amide bonds. The van der Waals surface area contributed by atoms with Crippen LogP contribution in [0.15, 0.2) is 28.7 Å². The van der Waals surface area contributed by atoms with Gasteiger partial charge >= 0.3 is 0 Å². The van der Waals surface area contributed by atoms with E-state index in [1.807, 2.05) is 12.1 Å². The van der Waals surface area contributed by atoms with Crippen LogP contribution in [0.5, 0.6) is 0 Å². The first-order valence-corrected chi connectivity index (χ1v) is 5.40. The van der Waals surface area contributed by atoms with Crippen molar-refractivity contribution >= 4 is 15.9 Å². The van der Waals surface area contributed by atoms with Crippen LogP contribution in [0.3, 0.4) is 0 Å². The van der Waals surface area contributed by atoms with Crippen LogP contribution < -0.4 is 0 Å². The molecule has 0 saturated carbocycles. The van der Waals surface area contributed by atoms with Gasteiger partial charge in [0.2, 0.25) is 0 Å². The quantitative estimate of drug-likeness (QED) is 0.861. The van der Waals surface area contributed by atoms with Gasteiger partial charge in [-0.3, -0.25) is 0 Å². The van der Waals surface area contributed by atoms with Crippen LogP contribution in [0.2, 0.25) is 0 Å². The molecule has 1 N–H and O–H groups in total. The van der Waals surface area contributed by atoms with Crippen LogP contribution in [0.4, 0.5) is 0 Å². The fraction of sp³-hybridized carbons (Fsp3) is 0.455. The lowest BCUT2D eigenvalue weighted by Gasteiger charge is -2.11. The summed E-state index contributed by atoms with van der Waals surface area (Å²) in [7, 11) is 0. The predicted molar refractivity (Wildman–Crippen MR) is 58.7 cm³/mol. The molecule has 1 aromatic rings. The summed E-state index contributed by atoms with van der Waals surface area (Å²) in [6, 6.07) is 8.26. The number of aliphatic hydroxyl groups is 1. The number of halogens is 1. The van der Waals surface area contributed by atoms with Crippen molar-refractivity contribution in [1.29, 1.82) is 0 Å². The highest BCUT2D eigenvalue weighted by atomic mass is 79.9. The molecule has 0 bridgehead atoms. The van der Waals surface area contributed by atoms with Gasteiger partial charge in [-0.2, -0.15) is 0 Å². The van der Waals surface area contributed by atoms with Crippen molar-refractivity contribution in [3.63, 3.8) is 0 Å². The molecule has 0 aromatic heterocycles. The maximum absolute atomic E-state index is 9.04. The Labute approximate surface area is 87.9 Å². The second-order valence-corrected chi connectivity index (χ2v) is 4.21. The van der Waals surface area contributed by atoms with Gasteiger partial charge in [0.25, 0.3) is 0 Å². The molecular weight excluding hydrogens is 228 g/mol. The van der Waals surface area contributed by atoms with Gasteiger partial charge in [0.15, 0.2) is 0 Å². The van der Waals surface area contributed by atoms with E-state index in [0.717, 1.165) is 17.3 Å². The molecule has 1 nitrogen and oxygen atoms in total. The molecule has 0 aliphatic rings. The molecule has 1 unspecified atom stereocenters. The average Bonchev–Trinajstić information content (AvgIpc) is 2.14. The fourth-order valence-electron chi connectivity index (χ4n) is 1.34. The molecule has 0 saturated heterocycles. The zero-order valence-corrected chi connectivity index (χ0v) is 9.42. The van der Waals surface area contributed by atoms with Gasteiger partial charge in [0.1, 0.15) is 0 Å². The zero-order valence-electron chi connectivity index (χ0n) is 7.83. The Hall–Kier alpha value is -0.340. The van der Waals surface area contributed by atoms with Crippen LogP contribution in [0.1, 0.15) is 18.9 Å². The van der Waals surface area contributed by atoms with E-state index in [4.69, 9.17) is 5.11 Å². The summed E-state index contributed by atoms with van der Waals surface area (Å²) in [4.78, 5) is 0. The SMILES string of the molecule is CCC(CO)Cc1cccc(Br)c1. The highest BCUT2D eigenvalue weighted by molar-refractivity contribution is 9.10. The fourth-order valence-corrected chi connectivity index (χ4v) is 1.78. The lowest BCUT2D eigenvalue weighted by Crippen LogP contribution is -2.07. The molecule has 0 heterocycles. The third kappa shape index (κ3) is 3.49. The molecule has 1 rings (SSSR count). The maximum atomic E-state index is 9.04. The Bertz CT molecular complexity index is 256. The number of rotatable bonds is 4. The van der Waals surface area contributed by atoms with Gasteiger partial charge in [0, 0.05) is 11.1 Å². The van der Waals surface area contributed by atoms with Gasteiger partial charge in [-0.15, -0.1) is 0 Å². The first-order valence-electron chi connectivity index (χ1n) is 4.61. The molecule has 13 heavy (non-hydrogen) atoms. The van der Waals surface area contributed by atoms with Crippen molar-refractivity contribution in [3.8, 4) is 0 Å². The van der Waals surface area contributed by atoms with Crippen LogP contribution in [-0.4, -0.2) is 11.7 Å². The van der Waals surface area contributed by atoms with E-state index in [-0.39, 0.29) is 6.61 Å². The van der Waals surface area contributed by atoms with Crippen LogP contribution in [0, 0.1) is 5.92 Å². The van der Waals surface area contributed by atoms with E-state index in [9.17, 15) is 0 Å². The average molecular weight is 243 g/mol. The number of hydrogen-bond acceptors (Lipinski definition) is 1. The van der Waals surface area contributed by atoms with E-state index in [1.165, 1.54) is 5.56 Å². The molecule has 0 aliphatic carbocycles. The van der Waals surface area contributed by atoms with Crippen molar-refractivity contribution in [2.24, 2.45) is 5.92 Å². The summed E-state index contributed by atoms with van der Waals surface area (Å²) >= 11 is 3.43. The van der Waals surface area contributed by atoms with Crippen molar-refractivity contribution in [1.82, 2.24) is 0 Å². The summed E-state index contributed by atoms with van der Waals surface area (Å²) in [5.41, 5.74) is 1.29. The van der Waals surface area contributed by atoms with Gasteiger partial charge in [-0.05, 0) is 30.0 Å². The van der Waals surface area contributed by atoms with Gasteiger partial charge in [-0.1, -0.05) is 41.4 Å². The minimum atomic E-state index is 0.281. The molecule has 0 radical (unpaired) electrons. The monoisotopic (exact) mass is 242 g/mol. The Morgan fingerprint density at radius 2 is 2.23 bits per heavy atom. The molecule has 0 aliphatic heterocycles. The zero-order chi connectivity index (χ0) is 9.68. The van der Waals surface area contributed by atoms with Crippen molar-refractivity contribution in [2.45, 2.75) is 19.8 Å². The van der Waals surface area contributed by atoms with E-state index in [1.54, 1.807) is 0 Å². The molecule has 1 atom stereocenters. The molecule has 0 fully saturated rings. The lowest BCUT2D eigenvalue weighted by molar-refractivity contribution is 0.222. The smallest absolute Gasteiger partial charge is 0.0462 e. The Kier molecular flexibility index (Phi) is 4.46. The van der Waals surface area contributed by atoms with Crippen molar-refractivity contribution in [3.05, 3.63) is 34.3 Å². The minimum absolute atomic E-state index is 0.281. The van der Waals surface area contributed by atoms with Crippen molar-refractivity contribution < 1.29 is 5.11 Å². The Morgan fingerprint density at radius 1 is 1.46 bits per heavy atom. The van der Waals surface area contributed by atoms with E-state index in [0.29, 0.717) is 5.92 Å². The second kappa shape index (κ2) is 5.40. The van der Waals surface area contributed by atoms with Gasteiger partial charge in [0.05, 0.1) is 0 Å². The maximum Gasteiger partial charge on any atom is 0.0462 e. The summed E-state index contributed by atoms with van der Waals surface area (Å²) < 4.78 is 1.11. The highest BCUT2D eigenvalue weighted by Crippen LogP contribution is 2.16. The Balaban J connectivity index is 2.62. The largest absolute Gasteiger partial charge is 0.396 e. The molecular formula is C11H15BrO. The topological polar surface area (TPSA) is 20.2 Å². The number of benzene rings is 1. The normalized spacial score (nSPS) is 12.8.